The molecule has 6 nitrogen and oxygen atoms in total. The maximum Gasteiger partial charge on any atom is 0.243 e. The van der Waals surface area contributed by atoms with Crippen LogP contribution in [0.25, 0.3) is 0 Å². The molecule has 142 valence electrons. The van der Waals surface area contributed by atoms with E-state index >= 15 is 0 Å². The van der Waals surface area contributed by atoms with Crippen molar-refractivity contribution in [3.05, 3.63) is 33.0 Å². The van der Waals surface area contributed by atoms with Crippen LogP contribution in [0.1, 0.15) is 0 Å². The molecule has 0 N–H and O–H groups in total. The highest BCUT2D eigenvalue weighted by Gasteiger charge is 2.29. The van der Waals surface area contributed by atoms with Gasteiger partial charge in [0, 0.05) is 26.2 Å². The van der Waals surface area contributed by atoms with Crippen molar-refractivity contribution >= 4 is 56.9 Å². The second kappa shape index (κ2) is 8.21. The maximum absolute atomic E-state index is 13.3. The van der Waals surface area contributed by atoms with Gasteiger partial charge in [-0.2, -0.15) is 9.40 Å². The second-order valence-electron chi connectivity index (χ2n) is 5.58. The number of hydrogen-bond acceptors (Lipinski definition) is 7. The zero-order chi connectivity index (χ0) is 18.9. The van der Waals surface area contributed by atoms with Crippen molar-refractivity contribution in [1.82, 2.24) is 19.0 Å². The molecule has 1 aromatic heterocycles. The molecule has 12 heteroatoms. The number of hydrogen-bond donors (Lipinski definition) is 0. The molecule has 1 saturated heterocycles. The van der Waals surface area contributed by atoms with Crippen molar-refractivity contribution in [2.75, 3.05) is 32.4 Å². The number of benzene rings is 1. The van der Waals surface area contributed by atoms with Crippen LogP contribution in [0.15, 0.2) is 27.4 Å². The van der Waals surface area contributed by atoms with Gasteiger partial charge in [-0.1, -0.05) is 34.7 Å². The number of aromatic nitrogens is 2. The number of piperazine rings is 1. The summed E-state index contributed by atoms with van der Waals surface area (Å²) in [5.74, 6) is -0.639. The van der Waals surface area contributed by atoms with Crippen molar-refractivity contribution in [2.24, 2.45) is 0 Å². The summed E-state index contributed by atoms with van der Waals surface area (Å²) in [5.41, 5.74) is 0. The van der Waals surface area contributed by atoms with Gasteiger partial charge >= 0.3 is 0 Å². The molecule has 0 spiro atoms. The zero-order valence-electron chi connectivity index (χ0n) is 13.8. The number of nitrogens with zero attached hydrogens (tertiary/aromatic N) is 4. The van der Waals surface area contributed by atoms with Crippen LogP contribution in [0.4, 0.5) is 4.39 Å². The van der Waals surface area contributed by atoms with E-state index in [2.05, 4.69) is 10.00 Å². The Morgan fingerprint density at radius 1 is 1.35 bits per heavy atom. The summed E-state index contributed by atoms with van der Waals surface area (Å²) < 4.78 is 43.4. The van der Waals surface area contributed by atoms with Gasteiger partial charge in [-0.25, -0.2) is 17.5 Å². The normalized spacial score (nSPS) is 16.9. The molecule has 2 aromatic rings. The molecule has 0 amide bonds. The summed E-state index contributed by atoms with van der Waals surface area (Å²) in [5, 5.41) is 4.22. The topological polar surface area (TPSA) is 58.4 Å². The fourth-order valence-electron chi connectivity index (χ4n) is 2.55. The highest BCUT2D eigenvalue weighted by molar-refractivity contribution is 8.00. The van der Waals surface area contributed by atoms with Gasteiger partial charge < -0.3 is 0 Å². The largest absolute Gasteiger partial charge is 0.282 e. The Labute approximate surface area is 169 Å². The molecular weight excluding hydrogens is 439 g/mol. The van der Waals surface area contributed by atoms with Crippen LogP contribution in [0, 0.1) is 9.77 Å². The van der Waals surface area contributed by atoms with E-state index in [9.17, 15) is 12.8 Å². The van der Waals surface area contributed by atoms with E-state index < -0.39 is 15.8 Å². The summed E-state index contributed by atoms with van der Waals surface area (Å²) in [6.45, 7) is 2.32. The molecule has 0 saturated carbocycles. The second-order valence-corrected chi connectivity index (χ2v) is 10.6. The molecule has 0 radical (unpaired) electrons. The van der Waals surface area contributed by atoms with Gasteiger partial charge in [-0.3, -0.25) is 4.90 Å². The molecule has 1 aromatic carbocycles. The van der Waals surface area contributed by atoms with Crippen LogP contribution in [-0.4, -0.2) is 59.8 Å². The maximum atomic E-state index is 13.3. The molecular formula is C14H16ClFN4O2S4. The first kappa shape index (κ1) is 20.2. The fourth-order valence-corrected chi connectivity index (χ4v) is 5.98. The highest BCUT2D eigenvalue weighted by atomic mass is 35.5. The first-order valence-electron chi connectivity index (χ1n) is 7.61. The Bertz CT molecular complexity index is 954. The van der Waals surface area contributed by atoms with E-state index in [4.69, 9.17) is 23.8 Å². The summed E-state index contributed by atoms with van der Waals surface area (Å²) in [7, 11) is -3.69. The first-order chi connectivity index (χ1) is 12.3. The van der Waals surface area contributed by atoms with Crippen molar-refractivity contribution < 1.29 is 12.8 Å². The van der Waals surface area contributed by atoms with E-state index in [-0.39, 0.29) is 9.92 Å². The monoisotopic (exact) mass is 454 g/mol. The Kier molecular flexibility index (Phi) is 6.37. The Balaban J connectivity index is 1.66. The van der Waals surface area contributed by atoms with Gasteiger partial charge in [0.05, 0.1) is 16.6 Å². The SMILES string of the molecule is CSc1nn(CN2CCN(S(=O)(=O)c3ccc(F)c(Cl)c3)CC2)c(=S)s1. The third kappa shape index (κ3) is 4.29. The predicted octanol–water partition coefficient (Wildman–Crippen LogP) is 3.15. The molecule has 26 heavy (non-hydrogen) atoms. The first-order valence-corrected chi connectivity index (χ1v) is 11.9. The van der Waals surface area contributed by atoms with Gasteiger partial charge in [0.2, 0.25) is 10.0 Å². The number of thioether (sulfide) groups is 1. The van der Waals surface area contributed by atoms with E-state index in [1.54, 1.807) is 16.4 Å². The molecule has 0 atom stereocenters. The quantitative estimate of drug-likeness (QED) is 0.511. The van der Waals surface area contributed by atoms with E-state index in [0.29, 0.717) is 36.8 Å². The lowest BCUT2D eigenvalue weighted by atomic mass is 10.3. The summed E-state index contributed by atoms with van der Waals surface area (Å²) in [6, 6.07) is 3.46. The minimum Gasteiger partial charge on any atom is -0.282 e. The van der Waals surface area contributed by atoms with Crippen LogP contribution in [0.2, 0.25) is 5.02 Å². The van der Waals surface area contributed by atoms with Gasteiger partial charge in [0.25, 0.3) is 0 Å². The Morgan fingerprint density at radius 2 is 2.04 bits per heavy atom. The van der Waals surface area contributed by atoms with E-state index in [1.165, 1.54) is 21.7 Å². The van der Waals surface area contributed by atoms with Gasteiger partial charge in [-0.05, 0) is 36.7 Å². The minimum atomic E-state index is -3.69. The van der Waals surface area contributed by atoms with Crippen LogP contribution in [0.5, 0.6) is 0 Å². The van der Waals surface area contributed by atoms with Crippen molar-refractivity contribution in [3.63, 3.8) is 0 Å². The van der Waals surface area contributed by atoms with Crippen molar-refractivity contribution in [1.29, 1.82) is 0 Å². The van der Waals surface area contributed by atoms with Crippen LogP contribution >= 0.6 is 46.9 Å². The average molecular weight is 455 g/mol. The standard InChI is InChI=1S/C14H16ClFN4O2S4/c1-24-13-17-20(14(23)25-13)9-18-4-6-19(7-5-18)26(21,22)10-2-3-12(16)11(15)8-10/h2-3,8H,4-7,9H2,1H3. The fraction of sp³-hybridized carbons (Fsp3) is 0.429. The number of rotatable bonds is 5. The Hall–Kier alpha value is -0.560. The molecule has 2 heterocycles. The van der Waals surface area contributed by atoms with Crippen LogP contribution in [0.3, 0.4) is 0 Å². The lowest BCUT2D eigenvalue weighted by molar-refractivity contribution is 0.144. The smallest absolute Gasteiger partial charge is 0.243 e. The molecule has 0 aliphatic carbocycles. The van der Waals surface area contributed by atoms with Gasteiger partial charge in [0.15, 0.2) is 8.29 Å². The predicted molar refractivity (Wildman–Crippen MR) is 104 cm³/mol. The minimum absolute atomic E-state index is 0.00341. The lowest BCUT2D eigenvalue weighted by Crippen LogP contribution is -2.48. The molecule has 1 fully saturated rings. The van der Waals surface area contributed by atoms with Crippen LogP contribution < -0.4 is 0 Å². The third-order valence-electron chi connectivity index (χ3n) is 3.96. The van der Waals surface area contributed by atoms with Gasteiger partial charge in [0.1, 0.15) is 5.82 Å². The molecule has 3 rings (SSSR count). The highest BCUT2D eigenvalue weighted by Crippen LogP contribution is 2.24. The lowest BCUT2D eigenvalue weighted by Gasteiger charge is -2.33. The average Bonchev–Trinajstić information content (AvgIpc) is 2.97. The summed E-state index contributed by atoms with van der Waals surface area (Å²) in [4.78, 5) is 2.10. The Morgan fingerprint density at radius 3 is 2.62 bits per heavy atom. The zero-order valence-corrected chi connectivity index (χ0v) is 17.8. The summed E-state index contributed by atoms with van der Waals surface area (Å²) in [6.07, 6.45) is 1.95. The van der Waals surface area contributed by atoms with Crippen molar-refractivity contribution in [2.45, 2.75) is 15.9 Å². The van der Waals surface area contributed by atoms with E-state index in [0.717, 1.165) is 16.5 Å². The van der Waals surface area contributed by atoms with Crippen LogP contribution in [-0.2, 0) is 16.7 Å². The van der Waals surface area contributed by atoms with Gasteiger partial charge in [-0.15, -0.1) is 0 Å². The number of halogens is 2. The molecule has 1 aliphatic heterocycles. The molecule has 1 aliphatic rings. The van der Waals surface area contributed by atoms with Crippen molar-refractivity contribution in [3.8, 4) is 0 Å². The molecule has 0 bridgehead atoms. The van der Waals surface area contributed by atoms with E-state index in [1.807, 2.05) is 6.26 Å². The third-order valence-corrected chi connectivity index (χ3v) is 8.42. The summed E-state index contributed by atoms with van der Waals surface area (Å²) >= 11 is 14.0. The number of sulfonamides is 1. The molecule has 0 unspecified atom stereocenters.